The zero-order valence-corrected chi connectivity index (χ0v) is 39.0. The summed E-state index contributed by atoms with van der Waals surface area (Å²) in [6.45, 7) is 3.73. The van der Waals surface area contributed by atoms with Crippen molar-refractivity contribution in [3.05, 3.63) is 24.3 Å². The lowest BCUT2D eigenvalue weighted by Crippen LogP contribution is -2.64. The van der Waals surface area contributed by atoms with E-state index in [0.717, 1.165) is 64.2 Å². The van der Waals surface area contributed by atoms with Gasteiger partial charge in [-0.25, -0.2) is 4.57 Å². The molecule has 0 aromatic heterocycles. The maximum atomic E-state index is 13.0. The average molecular weight is 892 g/mol. The second kappa shape index (κ2) is 37.0. The van der Waals surface area contributed by atoms with Gasteiger partial charge >= 0.3 is 7.82 Å². The maximum Gasteiger partial charge on any atom is 0.472 e. The fourth-order valence-electron chi connectivity index (χ4n) is 7.76. The quantitative estimate of drug-likeness (QED) is 0.0161. The number of phosphoric ester groups is 1. The third kappa shape index (κ3) is 29.0. The Morgan fingerprint density at radius 1 is 0.574 bits per heavy atom. The number of aliphatic hydroxyl groups is 7. The summed E-state index contributed by atoms with van der Waals surface area (Å²) in [5, 5.41) is 74.4. The molecule has 13 nitrogen and oxygen atoms in total. The van der Waals surface area contributed by atoms with Crippen LogP contribution in [0.15, 0.2) is 24.3 Å². The summed E-state index contributed by atoms with van der Waals surface area (Å²) < 4.78 is 22.9. The van der Waals surface area contributed by atoms with Gasteiger partial charge in [-0.15, -0.1) is 0 Å². The van der Waals surface area contributed by atoms with Crippen molar-refractivity contribution in [2.45, 2.75) is 261 Å². The molecule has 8 atom stereocenters. The molecule has 0 aromatic carbocycles. The fraction of sp³-hybridized carbons (Fsp3) is 0.894. The van der Waals surface area contributed by atoms with Crippen LogP contribution in [0.4, 0.5) is 0 Å². The van der Waals surface area contributed by atoms with Crippen LogP contribution in [0.3, 0.4) is 0 Å². The average Bonchev–Trinajstić information content (AvgIpc) is 3.23. The standard InChI is InChI=1S/C47H90NO12P/c1-3-5-7-9-11-13-15-17-18-19-20-21-22-23-24-26-28-30-32-34-38(49)36-41(51)48-39(40(50)35-33-31-29-27-25-16-14-12-10-8-6-4-2)37-59-61(57,58)60-47-45(55)43(53)42(52)44(54)46(47)56/h21-22,33,35,38-40,42-47,49-50,52-56H,3-20,23-32,34,36-37H2,1-2H3,(H,48,51)(H,57,58)/b22-21-,35-33+. The van der Waals surface area contributed by atoms with Gasteiger partial charge < -0.3 is 46.0 Å². The van der Waals surface area contributed by atoms with Crippen LogP contribution in [0, 0.1) is 0 Å². The van der Waals surface area contributed by atoms with E-state index in [4.69, 9.17) is 9.05 Å². The highest BCUT2D eigenvalue weighted by Gasteiger charge is 2.51. The van der Waals surface area contributed by atoms with Gasteiger partial charge in [-0.3, -0.25) is 13.8 Å². The first-order valence-electron chi connectivity index (χ1n) is 24.4. The number of allylic oxidation sites excluding steroid dienone is 3. The van der Waals surface area contributed by atoms with Crippen LogP contribution in [0.1, 0.15) is 206 Å². The Balaban J connectivity index is 2.49. The van der Waals surface area contributed by atoms with E-state index in [1.54, 1.807) is 6.08 Å². The van der Waals surface area contributed by atoms with Gasteiger partial charge in [0.25, 0.3) is 0 Å². The van der Waals surface area contributed by atoms with Crippen LogP contribution in [-0.4, -0.2) is 108 Å². The molecule has 0 heterocycles. The Morgan fingerprint density at radius 3 is 1.39 bits per heavy atom. The summed E-state index contributed by atoms with van der Waals surface area (Å²) in [5.74, 6) is -0.597. The van der Waals surface area contributed by atoms with Crippen LogP contribution in [0.5, 0.6) is 0 Å². The van der Waals surface area contributed by atoms with Gasteiger partial charge in [0.1, 0.15) is 36.6 Å². The summed E-state index contributed by atoms with van der Waals surface area (Å²) in [4.78, 5) is 23.4. The monoisotopic (exact) mass is 892 g/mol. The molecule has 0 aromatic rings. The Labute approximate surface area is 369 Å². The van der Waals surface area contributed by atoms with Gasteiger partial charge in [0.05, 0.1) is 31.3 Å². The largest absolute Gasteiger partial charge is 0.472 e. The number of hydrogen-bond donors (Lipinski definition) is 9. The minimum Gasteiger partial charge on any atom is -0.393 e. The van der Waals surface area contributed by atoms with Crippen molar-refractivity contribution >= 4 is 13.7 Å². The minimum atomic E-state index is -5.14. The number of rotatable bonds is 40. The Morgan fingerprint density at radius 2 is 0.951 bits per heavy atom. The van der Waals surface area contributed by atoms with Crippen molar-refractivity contribution in [1.29, 1.82) is 0 Å². The lowest BCUT2D eigenvalue weighted by atomic mass is 9.85. The minimum absolute atomic E-state index is 0.249. The maximum absolute atomic E-state index is 13.0. The topological polar surface area (TPSA) is 226 Å². The van der Waals surface area contributed by atoms with E-state index in [1.807, 2.05) is 0 Å². The van der Waals surface area contributed by atoms with E-state index in [1.165, 1.54) is 115 Å². The summed E-state index contributed by atoms with van der Waals surface area (Å²) in [6.07, 6.45) is 27.0. The molecule has 1 aliphatic rings. The summed E-state index contributed by atoms with van der Waals surface area (Å²) in [5.41, 5.74) is 0. The molecule has 1 fully saturated rings. The van der Waals surface area contributed by atoms with Crippen molar-refractivity contribution in [3.8, 4) is 0 Å². The zero-order chi connectivity index (χ0) is 45.1. The normalized spacial score (nSPS) is 23.4. The molecule has 1 saturated carbocycles. The fourth-order valence-corrected chi connectivity index (χ4v) is 8.73. The van der Waals surface area contributed by atoms with Crippen molar-refractivity contribution in [2.24, 2.45) is 0 Å². The van der Waals surface area contributed by atoms with E-state index in [2.05, 4.69) is 31.3 Å². The van der Waals surface area contributed by atoms with Gasteiger partial charge in [0.15, 0.2) is 0 Å². The number of nitrogens with one attached hydrogen (secondary N) is 1. The highest BCUT2D eigenvalue weighted by atomic mass is 31.2. The first-order valence-corrected chi connectivity index (χ1v) is 25.9. The molecule has 9 N–H and O–H groups in total. The third-order valence-electron chi connectivity index (χ3n) is 11.8. The van der Waals surface area contributed by atoms with Crippen LogP contribution in [-0.2, 0) is 18.4 Å². The third-order valence-corrected chi connectivity index (χ3v) is 12.8. The number of carbonyl (C=O) groups is 1. The molecule has 0 aliphatic heterocycles. The lowest BCUT2D eigenvalue weighted by Gasteiger charge is -2.41. The lowest BCUT2D eigenvalue weighted by molar-refractivity contribution is -0.220. The molecule has 360 valence electrons. The summed E-state index contributed by atoms with van der Waals surface area (Å²) >= 11 is 0. The predicted molar refractivity (Wildman–Crippen MR) is 243 cm³/mol. The number of amides is 1. The molecule has 0 spiro atoms. The molecule has 1 amide bonds. The molecule has 14 heteroatoms. The molecule has 0 saturated heterocycles. The second-order valence-electron chi connectivity index (χ2n) is 17.5. The van der Waals surface area contributed by atoms with Crippen LogP contribution >= 0.6 is 7.82 Å². The second-order valence-corrected chi connectivity index (χ2v) is 18.9. The van der Waals surface area contributed by atoms with Gasteiger partial charge in [0, 0.05) is 0 Å². The molecule has 0 radical (unpaired) electrons. The van der Waals surface area contributed by atoms with Crippen LogP contribution in [0.2, 0.25) is 0 Å². The van der Waals surface area contributed by atoms with E-state index in [9.17, 15) is 50.0 Å². The van der Waals surface area contributed by atoms with Gasteiger partial charge in [-0.1, -0.05) is 179 Å². The number of carbonyl (C=O) groups excluding carboxylic acids is 1. The number of phosphoric acid groups is 1. The Bertz CT molecular complexity index is 1140. The van der Waals surface area contributed by atoms with Crippen molar-refractivity contribution in [1.82, 2.24) is 5.32 Å². The highest BCUT2D eigenvalue weighted by molar-refractivity contribution is 7.47. The first kappa shape index (κ1) is 57.8. The van der Waals surface area contributed by atoms with Crippen LogP contribution in [0.25, 0.3) is 0 Å². The van der Waals surface area contributed by atoms with Gasteiger partial charge in [0.2, 0.25) is 5.91 Å². The number of unbranched alkanes of at least 4 members (excludes halogenated alkanes) is 25. The van der Waals surface area contributed by atoms with E-state index in [0.29, 0.717) is 12.8 Å². The predicted octanol–water partition coefficient (Wildman–Crippen LogP) is 8.37. The smallest absolute Gasteiger partial charge is 0.393 e. The molecular weight excluding hydrogens is 801 g/mol. The molecule has 1 aliphatic carbocycles. The van der Waals surface area contributed by atoms with Gasteiger partial charge in [-0.05, 0) is 44.9 Å². The number of aliphatic hydroxyl groups excluding tert-OH is 7. The first-order chi connectivity index (χ1) is 29.3. The Kier molecular flexibility index (Phi) is 35.1. The van der Waals surface area contributed by atoms with Crippen molar-refractivity contribution < 1.29 is 59.0 Å². The molecule has 1 rings (SSSR count). The van der Waals surface area contributed by atoms with E-state index >= 15 is 0 Å². The van der Waals surface area contributed by atoms with Crippen LogP contribution < -0.4 is 5.32 Å². The SMILES string of the molecule is CCCCCCCCCCCC/C=C\CCCCCCCC(O)CC(=O)NC(COP(=O)(O)OC1C(O)C(O)C(O)C(O)C1O)C(O)/C=C/CCCCCCCCCCCC. The summed E-state index contributed by atoms with van der Waals surface area (Å²) in [7, 11) is -5.14. The highest BCUT2D eigenvalue weighted by Crippen LogP contribution is 2.47. The Hall–Kier alpha value is -1.22. The molecule has 8 unspecified atom stereocenters. The van der Waals surface area contributed by atoms with Crippen molar-refractivity contribution in [2.75, 3.05) is 6.61 Å². The summed E-state index contributed by atoms with van der Waals surface area (Å²) in [6, 6.07) is -1.24. The van der Waals surface area contributed by atoms with E-state index < -0.39 is 75.2 Å². The van der Waals surface area contributed by atoms with Gasteiger partial charge in [-0.2, -0.15) is 0 Å². The molecule has 0 bridgehead atoms. The zero-order valence-electron chi connectivity index (χ0n) is 38.1. The number of hydrogen-bond acceptors (Lipinski definition) is 11. The van der Waals surface area contributed by atoms with Crippen molar-refractivity contribution in [3.63, 3.8) is 0 Å². The molecular formula is C47H90NO12P. The van der Waals surface area contributed by atoms with E-state index in [-0.39, 0.29) is 6.42 Å². The molecule has 61 heavy (non-hydrogen) atoms.